The second-order valence-corrected chi connectivity index (χ2v) is 18.8. The Morgan fingerprint density at radius 1 is 0.354 bits per heavy atom. The van der Waals surface area contributed by atoms with Crippen LogP contribution in [0.15, 0.2) is 243 Å². The molecule has 0 spiro atoms. The first-order valence-electron chi connectivity index (χ1n) is 22.6. The van der Waals surface area contributed by atoms with Crippen molar-refractivity contribution in [3.8, 4) is 33.4 Å². The fraction of sp³-hybridized carbons (Fsp3) is 0.0476. The Bertz CT molecular complexity index is 3580. The Balaban J connectivity index is 1.08. The molecule has 65 heavy (non-hydrogen) atoms. The average Bonchev–Trinajstić information content (AvgIpc) is 3.99. The molecule has 1 nitrogen and oxygen atoms in total. The maximum absolute atomic E-state index is 2.54. The van der Waals surface area contributed by atoms with Gasteiger partial charge in [-0.15, -0.1) is 11.3 Å². The molecule has 0 bridgehead atoms. The highest BCUT2D eigenvalue weighted by Crippen LogP contribution is 2.60. The van der Waals surface area contributed by atoms with Crippen LogP contribution in [0.3, 0.4) is 0 Å². The third-order valence-electron chi connectivity index (χ3n) is 14.4. The molecule has 0 radical (unpaired) electrons. The van der Waals surface area contributed by atoms with Crippen molar-refractivity contribution in [3.05, 3.63) is 282 Å². The molecule has 1 heterocycles. The standard InChI is InChI=1S/C63H43NS/c1-62(44-20-5-2-6-21-44)54-30-14-11-27-49(54)50-38-36-48(41-57(50)62)64(47-26-17-19-42(39-47)43-35-37-52-51-28-13-16-34-59(51)65-60(52)40-43)58-33-18-32-56-61(58)53-29-12-15-31-55(53)63(56,45-22-7-3-8-23-45)46-24-9-4-10-25-46/h2-41H,1H3. The first kappa shape index (κ1) is 37.7. The summed E-state index contributed by atoms with van der Waals surface area (Å²) < 4.78 is 2.63. The van der Waals surface area contributed by atoms with Crippen molar-refractivity contribution < 1.29 is 0 Å². The lowest BCUT2D eigenvalue weighted by molar-refractivity contribution is 0.714. The molecule has 13 rings (SSSR count). The molecule has 0 saturated heterocycles. The van der Waals surface area contributed by atoms with Crippen molar-refractivity contribution in [2.75, 3.05) is 4.90 Å². The number of benzene rings is 10. The molecule has 0 N–H and O–H groups in total. The number of thiophene rings is 1. The van der Waals surface area contributed by atoms with E-state index in [0.717, 1.165) is 17.1 Å². The lowest BCUT2D eigenvalue weighted by Crippen LogP contribution is -2.28. The van der Waals surface area contributed by atoms with Gasteiger partial charge in [0.15, 0.2) is 0 Å². The molecule has 1 unspecified atom stereocenters. The van der Waals surface area contributed by atoms with Gasteiger partial charge in [-0.2, -0.15) is 0 Å². The minimum atomic E-state index is -0.525. The van der Waals surface area contributed by atoms with Gasteiger partial charge in [0, 0.05) is 42.5 Å². The van der Waals surface area contributed by atoms with Gasteiger partial charge in [-0.3, -0.25) is 0 Å². The van der Waals surface area contributed by atoms with Crippen molar-refractivity contribution in [3.63, 3.8) is 0 Å². The summed E-state index contributed by atoms with van der Waals surface area (Å²) in [4.78, 5) is 2.54. The second-order valence-electron chi connectivity index (χ2n) is 17.7. The lowest BCUT2D eigenvalue weighted by atomic mass is 9.68. The minimum Gasteiger partial charge on any atom is -0.310 e. The van der Waals surface area contributed by atoms with Gasteiger partial charge in [-0.1, -0.05) is 200 Å². The monoisotopic (exact) mass is 845 g/mol. The third kappa shape index (κ3) is 5.51. The summed E-state index contributed by atoms with van der Waals surface area (Å²) in [5.41, 5.74) is 19.0. The fourth-order valence-electron chi connectivity index (χ4n) is 11.5. The van der Waals surface area contributed by atoms with Gasteiger partial charge in [0.05, 0.1) is 11.1 Å². The molecule has 0 aliphatic heterocycles. The van der Waals surface area contributed by atoms with Crippen LogP contribution in [0, 0.1) is 0 Å². The van der Waals surface area contributed by atoms with Crippen molar-refractivity contribution in [1.82, 2.24) is 0 Å². The van der Waals surface area contributed by atoms with Gasteiger partial charge in [-0.25, -0.2) is 0 Å². The molecular formula is C63H43NS. The first-order chi connectivity index (χ1) is 32.1. The van der Waals surface area contributed by atoms with Gasteiger partial charge in [0.2, 0.25) is 0 Å². The van der Waals surface area contributed by atoms with Crippen LogP contribution in [-0.4, -0.2) is 0 Å². The van der Waals surface area contributed by atoms with Crippen molar-refractivity contribution in [2.24, 2.45) is 0 Å². The van der Waals surface area contributed by atoms with E-state index in [1.165, 1.54) is 92.5 Å². The highest BCUT2D eigenvalue weighted by atomic mass is 32.1. The lowest BCUT2D eigenvalue weighted by Gasteiger charge is -2.34. The Kier molecular flexibility index (Phi) is 8.50. The van der Waals surface area contributed by atoms with Crippen LogP contribution in [0.4, 0.5) is 17.1 Å². The Labute approximate surface area is 384 Å². The molecule has 2 heteroatoms. The average molecular weight is 846 g/mol. The van der Waals surface area contributed by atoms with Crippen LogP contribution in [0.5, 0.6) is 0 Å². The SMILES string of the molecule is CC1(c2ccccc2)c2ccccc2-c2ccc(N(c3cccc(-c4ccc5c(c4)sc4ccccc45)c3)c3cccc4c3-c3ccccc3C4(c3ccccc3)c3ccccc3)cc21. The van der Waals surface area contributed by atoms with Gasteiger partial charge < -0.3 is 4.90 Å². The normalized spacial score (nSPS) is 15.3. The molecule has 0 saturated carbocycles. The van der Waals surface area contributed by atoms with Gasteiger partial charge in [0.25, 0.3) is 0 Å². The smallest absolute Gasteiger partial charge is 0.0714 e. The van der Waals surface area contributed by atoms with E-state index in [1.54, 1.807) is 0 Å². The van der Waals surface area contributed by atoms with E-state index >= 15 is 0 Å². The highest BCUT2D eigenvalue weighted by molar-refractivity contribution is 7.25. The summed E-state index contributed by atoms with van der Waals surface area (Å²) in [6.45, 7) is 2.41. The maximum atomic E-state index is 2.54. The van der Waals surface area contributed by atoms with Crippen LogP contribution >= 0.6 is 11.3 Å². The number of nitrogens with zero attached hydrogens (tertiary/aromatic N) is 1. The first-order valence-corrected chi connectivity index (χ1v) is 23.4. The number of anilines is 3. The minimum absolute atomic E-state index is 0.350. The molecule has 11 aromatic rings. The summed E-state index contributed by atoms with van der Waals surface area (Å²) in [7, 11) is 0. The van der Waals surface area contributed by atoms with E-state index in [0.29, 0.717) is 0 Å². The highest BCUT2D eigenvalue weighted by Gasteiger charge is 2.47. The molecular weight excluding hydrogens is 803 g/mol. The zero-order valence-corrected chi connectivity index (χ0v) is 36.8. The fourth-order valence-corrected chi connectivity index (χ4v) is 12.7. The summed E-state index contributed by atoms with van der Waals surface area (Å²) >= 11 is 1.87. The Hall–Kier alpha value is -7.78. The molecule has 2 aliphatic carbocycles. The maximum Gasteiger partial charge on any atom is 0.0714 e. The Morgan fingerprint density at radius 3 is 1.69 bits per heavy atom. The van der Waals surface area contributed by atoms with E-state index in [1.807, 2.05) is 11.3 Å². The quantitative estimate of drug-likeness (QED) is 0.154. The van der Waals surface area contributed by atoms with Crippen LogP contribution in [0.1, 0.15) is 45.9 Å². The second kappa shape index (κ2) is 14.6. The topological polar surface area (TPSA) is 3.24 Å². The van der Waals surface area contributed by atoms with Crippen LogP contribution in [-0.2, 0) is 10.8 Å². The zero-order valence-electron chi connectivity index (χ0n) is 35.9. The zero-order chi connectivity index (χ0) is 43.1. The molecule has 10 aromatic carbocycles. The van der Waals surface area contributed by atoms with E-state index < -0.39 is 5.41 Å². The van der Waals surface area contributed by atoms with Crippen molar-refractivity contribution in [2.45, 2.75) is 17.8 Å². The molecule has 0 fully saturated rings. The van der Waals surface area contributed by atoms with Crippen molar-refractivity contribution in [1.29, 1.82) is 0 Å². The van der Waals surface area contributed by atoms with E-state index in [-0.39, 0.29) is 5.41 Å². The summed E-state index contributed by atoms with van der Waals surface area (Å²) in [5, 5.41) is 2.63. The van der Waals surface area contributed by atoms with E-state index in [4.69, 9.17) is 0 Å². The van der Waals surface area contributed by atoms with Crippen LogP contribution < -0.4 is 4.90 Å². The number of hydrogen-bond acceptors (Lipinski definition) is 2. The molecule has 1 atom stereocenters. The molecule has 2 aliphatic rings. The van der Waals surface area contributed by atoms with Gasteiger partial charge in [0.1, 0.15) is 0 Å². The van der Waals surface area contributed by atoms with Gasteiger partial charge in [-0.05, 0) is 116 Å². The number of rotatable bonds is 7. The number of fused-ring (bicyclic) bond motifs is 9. The Morgan fingerprint density at radius 2 is 0.923 bits per heavy atom. The third-order valence-corrected chi connectivity index (χ3v) is 15.6. The summed E-state index contributed by atoms with van der Waals surface area (Å²) in [5.74, 6) is 0. The predicted molar refractivity (Wildman–Crippen MR) is 274 cm³/mol. The van der Waals surface area contributed by atoms with Crippen LogP contribution in [0.25, 0.3) is 53.6 Å². The van der Waals surface area contributed by atoms with Gasteiger partial charge >= 0.3 is 0 Å². The molecule has 1 aromatic heterocycles. The molecule has 306 valence electrons. The largest absolute Gasteiger partial charge is 0.310 e. The predicted octanol–water partition coefficient (Wildman–Crippen LogP) is 16.9. The molecule has 0 amide bonds. The van der Waals surface area contributed by atoms with Crippen molar-refractivity contribution >= 4 is 48.6 Å². The number of hydrogen-bond donors (Lipinski definition) is 0. The van der Waals surface area contributed by atoms with E-state index in [2.05, 4.69) is 254 Å². The van der Waals surface area contributed by atoms with E-state index in [9.17, 15) is 0 Å². The summed E-state index contributed by atoms with van der Waals surface area (Å²) in [6, 6.07) is 90.5. The van der Waals surface area contributed by atoms with Crippen LogP contribution in [0.2, 0.25) is 0 Å². The summed E-state index contributed by atoms with van der Waals surface area (Å²) in [6.07, 6.45) is 0.